The highest BCUT2D eigenvalue weighted by atomic mass is 19.4. The third-order valence-corrected chi connectivity index (χ3v) is 2.23. The molecule has 0 aliphatic rings. The topological polar surface area (TPSA) is 82.2 Å². The van der Waals surface area contributed by atoms with Crippen molar-refractivity contribution in [1.82, 2.24) is 15.5 Å². The first kappa shape index (κ1) is 18.8. The zero-order valence-corrected chi connectivity index (χ0v) is 11.9. The highest BCUT2D eigenvalue weighted by Crippen LogP contribution is 2.28. The van der Waals surface area contributed by atoms with Gasteiger partial charge in [0.1, 0.15) is 5.69 Å². The second kappa shape index (κ2) is 6.87. The fourth-order valence-electron chi connectivity index (χ4n) is 1.21. The molecule has 1 heterocycles. The quantitative estimate of drug-likeness (QED) is 0.447. The smallest absolute Gasteiger partial charge is 0.309 e. The largest absolute Gasteiger partial charge is 0.471 e. The van der Waals surface area contributed by atoms with Crippen LogP contribution in [0, 0.1) is 5.92 Å². The summed E-state index contributed by atoms with van der Waals surface area (Å²) in [5.41, 5.74) is -1.20. The lowest BCUT2D eigenvalue weighted by atomic mass is 10.2. The minimum absolute atomic E-state index is 0.0387. The van der Waals surface area contributed by atoms with E-state index in [2.05, 4.69) is 15.4 Å². The lowest BCUT2D eigenvalue weighted by molar-refractivity contribution is -0.171. The maximum absolute atomic E-state index is 12.4. The Morgan fingerprint density at radius 2 is 1.91 bits per heavy atom. The molecule has 0 aromatic carbocycles. The summed E-state index contributed by atoms with van der Waals surface area (Å²) in [6.07, 6.45) is -9.86. The SMILES string of the molecule is CC(C)CN=C(NC(=O)C(F)(F)F)Nc1cc(C(F)(F)F)[nH]n1. The second-order valence-corrected chi connectivity index (χ2v) is 4.82. The molecular formula is C11H13F6N5O. The number of H-pyrrole nitrogens is 1. The number of halogens is 6. The maximum atomic E-state index is 12.4. The fraction of sp³-hybridized carbons (Fsp3) is 0.545. The summed E-state index contributed by atoms with van der Waals surface area (Å²) in [6, 6.07) is 0.532. The van der Waals surface area contributed by atoms with Gasteiger partial charge in [-0.2, -0.15) is 31.4 Å². The summed E-state index contributed by atoms with van der Waals surface area (Å²) in [5, 5.41) is 8.48. The molecule has 12 heteroatoms. The molecule has 1 rings (SSSR count). The number of carbonyl (C=O) groups excluding carboxylic acids is 1. The number of nitrogens with zero attached hydrogens (tertiary/aromatic N) is 2. The first-order valence-electron chi connectivity index (χ1n) is 6.22. The van der Waals surface area contributed by atoms with Crippen LogP contribution in [0.25, 0.3) is 0 Å². The van der Waals surface area contributed by atoms with Crippen LogP contribution in [0.15, 0.2) is 11.1 Å². The van der Waals surface area contributed by atoms with Crippen molar-refractivity contribution in [3.05, 3.63) is 11.8 Å². The number of alkyl halides is 6. The van der Waals surface area contributed by atoms with Crippen LogP contribution in [-0.4, -0.2) is 34.8 Å². The number of hydrogen-bond acceptors (Lipinski definition) is 3. The fourth-order valence-corrected chi connectivity index (χ4v) is 1.21. The number of aromatic nitrogens is 2. The van der Waals surface area contributed by atoms with Gasteiger partial charge in [-0.15, -0.1) is 0 Å². The first-order valence-corrected chi connectivity index (χ1v) is 6.22. The van der Waals surface area contributed by atoms with Crippen LogP contribution in [0.5, 0.6) is 0 Å². The van der Waals surface area contributed by atoms with Crippen LogP contribution >= 0.6 is 0 Å². The lowest BCUT2D eigenvalue weighted by Gasteiger charge is -2.12. The molecule has 0 bridgehead atoms. The Morgan fingerprint density at radius 1 is 1.30 bits per heavy atom. The summed E-state index contributed by atoms with van der Waals surface area (Å²) in [5.74, 6) is -3.46. The van der Waals surface area contributed by atoms with Crippen LogP contribution < -0.4 is 10.6 Å². The van der Waals surface area contributed by atoms with Crippen LogP contribution in [-0.2, 0) is 11.0 Å². The predicted molar refractivity (Wildman–Crippen MR) is 68.6 cm³/mol. The van der Waals surface area contributed by atoms with Gasteiger partial charge in [0.05, 0.1) is 0 Å². The molecule has 0 fully saturated rings. The monoisotopic (exact) mass is 345 g/mol. The van der Waals surface area contributed by atoms with Crippen molar-refractivity contribution >= 4 is 17.7 Å². The molecule has 1 amide bonds. The molecule has 0 radical (unpaired) electrons. The molecule has 0 aliphatic carbocycles. The maximum Gasteiger partial charge on any atom is 0.471 e. The molecule has 3 N–H and O–H groups in total. The molecule has 6 nitrogen and oxygen atoms in total. The van der Waals surface area contributed by atoms with E-state index in [1.54, 1.807) is 18.9 Å². The number of nitrogens with one attached hydrogen (secondary N) is 3. The van der Waals surface area contributed by atoms with Crippen molar-refractivity contribution in [2.24, 2.45) is 10.9 Å². The molecule has 0 aliphatic heterocycles. The highest BCUT2D eigenvalue weighted by Gasteiger charge is 2.39. The number of anilines is 1. The molecular weight excluding hydrogens is 332 g/mol. The van der Waals surface area contributed by atoms with Gasteiger partial charge in [-0.05, 0) is 5.92 Å². The van der Waals surface area contributed by atoms with Crippen LogP contribution in [0.3, 0.4) is 0 Å². The molecule has 1 aromatic heterocycles. The van der Waals surface area contributed by atoms with Crippen LogP contribution in [0.4, 0.5) is 32.2 Å². The van der Waals surface area contributed by atoms with Crippen molar-refractivity contribution in [2.45, 2.75) is 26.2 Å². The Kier molecular flexibility index (Phi) is 5.61. The third-order valence-electron chi connectivity index (χ3n) is 2.23. The van der Waals surface area contributed by atoms with Crippen molar-refractivity contribution in [3.63, 3.8) is 0 Å². The summed E-state index contributed by atoms with van der Waals surface area (Å²) < 4.78 is 74.0. The van der Waals surface area contributed by atoms with Gasteiger partial charge < -0.3 is 5.32 Å². The van der Waals surface area contributed by atoms with E-state index < -0.39 is 35.7 Å². The van der Waals surface area contributed by atoms with E-state index in [-0.39, 0.29) is 12.5 Å². The molecule has 23 heavy (non-hydrogen) atoms. The molecule has 0 saturated carbocycles. The number of aromatic amines is 1. The summed E-state index contributed by atoms with van der Waals surface area (Å²) in [7, 11) is 0. The lowest BCUT2D eigenvalue weighted by Crippen LogP contribution is -2.44. The van der Waals surface area contributed by atoms with Crippen molar-refractivity contribution in [3.8, 4) is 0 Å². The molecule has 0 atom stereocenters. The van der Waals surface area contributed by atoms with E-state index in [9.17, 15) is 31.1 Å². The average Bonchev–Trinajstić information content (AvgIpc) is 2.83. The van der Waals surface area contributed by atoms with Gasteiger partial charge in [-0.25, -0.2) is 0 Å². The Hall–Kier alpha value is -2.27. The average molecular weight is 345 g/mol. The predicted octanol–water partition coefficient (Wildman–Crippen LogP) is 2.53. The van der Waals surface area contributed by atoms with E-state index in [4.69, 9.17) is 0 Å². The zero-order valence-electron chi connectivity index (χ0n) is 11.9. The van der Waals surface area contributed by atoms with E-state index in [1.165, 1.54) is 5.32 Å². The van der Waals surface area contributed by atoms with Crippen LogP contribution in [0.2, 0.25) is 0 Å². The normalized spacial score (nSPS) is 13.3. The minimum Gasteiger partial charge on any atom is -0.309 e. The second-order valence-electron chi connectivity index (χ2n) is 4.82. The Balaban J connectivity index is 2.91. The van der Waals surface area contributed by atoms with Gasteiger partial charge >= 0.3 is 18.3 Å². The number of aliphatic imine (C=N–C) groups is 1. The number of rotatable bonds is 3. The van der Waals surface area contributed by atoms with Crippen molar-refractivity contribution in [2.75, 3.05) is 11.9 Å². The number of carbonyl (C=O) groups is 1. The summed E-state index contributed by atoms with van der Waals surface area (Å²) in [6.45, 7) is 3.46. The number of amides is 1. The molecule has 0 spiro atoms. The molecule has 0 saturated heterocycles. The first-order chi connectivity index (χ1) is 10.4. The summed E-state index contributed by atoms with van der Waals surface area (Å²) in [4.78, 5) is 14.6. The molecule has 0 unspecified atom stereocenters. The number of hydrogen-bond donors (Lipinski definition) is 3. The van der Waals surface area contributed by atoms with E-state index >= 15 is 0 Å². The van der Waals surface area contributed by atoms with Gasteiger partial charge in [0.25, 0.3) is 0 Å². The molecule has 130 valence electrons. The van der Waals surface area contributed by atoms with Gasteiger partial charge in [0, 0.05) is 12.6 Å². The van der Waals surface area contributed by atoms with E-state index in [0.717, 1.165) is 0 Å². The minimum atomic E-state index is -5.16. The van der Waals surface area contributed by atoms with E-state index in [0.29, 0.717) is 6.07 Å². The van der Waals surface area contributed by atoms with E-state index in [1.807, 2.05) is 0 Å². The number of guanidine groups is 1. The standard InChI is InChI=1S/C11H13F6N5O/c1-5(2)4-18-9(20-8(23)11(15,16)17)19-7-3-6(21-22-7)10(12,13)14/h3,5H,4H2,1-2H3,(H3,18,19,20,21,22,23). The molecule has 1 aromatic rings. The van der Waals surface area contributed by atoms with Gasteiger partial charge in [-0.3, -0.25) is 20.2 Å². The zero-order chi connectivity index (χ0) is 17.8. The highest BCUT2D eigenvalue weighted by molar-refractivity contribution is 6.05. The van der Waals surface area contributed by atoms with Crippen molar-refractivity contribution < 1.29 is 31.1 Å². The van der Waals surface area contributed by atoms with Gasteiger partial charge in [-0.1, -0.05) is 13.8 Å². The third kappa shape index (κ3) is 6.16. The Bertz CT molecular complexity index is 574. The van der Waals surface area contributed by atoms with Gasteiger partial charge in [0.15, 0.2) is 5.82 Å². The van der Waals surface area contributed by atoms with Crippen LogP contribution in [0.1, 0.15) is 19.5 Å². The Morgan fingerprint density at radius 3 is 2.35 bits per heavy atom. The van der Waals surface area contributed by atoms with Gasteiger partial charge in [0.2, 0.25) is 5.96 Å². The Labute approximate surface area is 126 Å². The summed E-state index contributed by atoms with van der Waals surface area (Å²) >= 11 is 0. The van der Waals surface area contributed by atoms with Crippen molar-refractivity contribution in [1.29, 1.82) is 0 Å².